The lowest BCUT2D eigenvalue weighted by atomic mass is 10.2. The van der Waals surface area contributed by atoms with Gasteiger partial charge in [-0.1, -0.05) is 41.9 Å². The molecule has 0 spiro atoms. The summed E-state index contributed by atoms with van der Waals surface area (Å²) < 4.78 is 5.78. The number of aryl methyl sites for hydroxylation is 1. The summed E-state index contributed by atoms with van der Waals surface area (Å²) in [4.78, 5) is 25.0. The van der Waals surface area contributed by atoms with Gasteiger partial charge in [-0.25, -0.2) is 4.98 Å². The van der Waals surface area contributed by atoms with Gasteiger partial charge in [-0.05, 0) is 6.07 Å². The van der Waals surface area contributed by atoms with Gasteiger partial charge in [0.05, 0.1) is 16.9 Å². The van der Waals surface area contributed by atoms with Gasteiger partial charge in [0.25, 0.3) is 0 Å². The standard InChI is InChI=1S/C21H21ClN4O2/c22-17-14-23-9-8-18(17)25-10-12-26(13-11-25)21(27)7-6-20-24-15-19(28-20)16-4-2-1-3-5-16/h1-5,8-9,14-15H,6-7,10-13H2. The van der Waals surface area contributed by atoms with Gasteiger partial charge in [0.2, 0.25) is 5.91 Å². The van der Waals surface area contributed by atoms with Crippen molar-refractivity contribution in [1.82, 2.24) is 14.9 Å². The topological polar surface area (TPSA) is 62.5 Å². The summed E-state index contributed by atoms with van der Waals surface area (Å²) in [6.07, 6.45) is 5.99. The van der Waals surface area contributed by atoms with E-state index >= 15 is 0 Å². The van der Waals surface area contributed by atoms with Crippen molar-refractivity contribution in [2.24, 2.45) is 0 Å². The van der Waals surface area contributed by atoms with Gasteiger partial charge < -0.3 is 14.2 Å². The summed E-state index contributed by atoms with van der Waals surface area (Å²) in [6.45, 7) is 2.87. The van der Waals surface area contributed by atoms with Crippen LogP contribution in [0.4, 0.5) is 5.69 Å². The Balaban J connectivity index is 1.28. The highest BCUT2D eigenvalue weighted by atomic mass is 35.5. The Morgan fingerprint density at radius 2 is 1.86 bits per heavy atom. The molecule has 1 saturated heterocycles. The zero-order valence-electron chi connectivity index (χ0n) is 15.4. The largest absolute Gasteiger partial charge is 0.441 e. The van der Waals surface area contributed by atoms with E-state index in [9.17, 15) is 4.79 Å². The van der Waals surface area contributed by atoms with Crippen LogP contribution in [0.1, 0.15) is 12.3 Å². The fourth-order valence-electron chi connectivity index (χ4n) is 3.35. The second-order valence-corrected chi connectivity index (χ2v) is 7.09. The van der Waals surface area contributed by atoms with Crippen LogP contribution in [0.5, 0.6) is 0 Å². The monoisotopic (exact) mass is 396 g/mol. The summed E-state index contributed by atoms with van der Waals surface area (Å²) in [5.41, 5.74) is 1.95. The van der Waals surface area contributed by atoms with E-state index in [-0.39, 0.29) is 5.91 Å². The molecule has 0 aliphatic carbocycles. The molecule has 0 N–H and O–H groups in total. The molecule has 0 unspecified atom stereocenters. The van der Waals surface area contributed by atoms with E-state index in [0.29, 0.717) is 36.8 Å². The predicted octanol–water partition coefficient (Wildman–Crippen LogP) is 3.67. The lowest BCUT2D eigenvalue weighted by molar-refractivity contribution is -0.131. The van der Waals surface area contributed by atoms with Crippen LogP contribution in [0.15, 0.2) is 59.4 Å². The van der Waals surface area contributed by atoms with Crippen LogP contribution in [0, 0.1) is 0 Å². The van der Waals surface area contributed by atoms with E-state index in [0.717, 1.165) is 30.1 Å². The fourth-order valence-corrected chi connectivity index (χ4v) is 3.59. The maximum atomic E-state index is 12.6. The van der Waals surface area contributed by atoms with E-state index in [2.05, 4.69) is 14.9 Å². The number of hydrogen-bond acceptors (Lipinski definition) is 5. The highest BCUT2D eigenvalue weighted by Crippen LogP contribution is 2.25. The summed E-state index contributed by atoms with van der Waals surface area (Å²) in [6, 6.07) is 11.7. The zero-order chi connectivity index (χ0) is 19.3. The van der Waals surface area contributed by atoms with Gasteiger partial charge in [-0.3, -0.25) is 9.78 Å². The number of piperazine rings is 1. The zero-order valence-corrected chi connectivity index (χ0v) is 16.2. The number of benzene rings is 1. The molecule has 0 atom stereocenters. The molecule has 1 aliphatic rings. The molecular formula is C21H21ClN4O2. The van der Waals surface area contributed by atoms with Crippen molar-refractivity contribution >= 4 is 23.2 Å². The maximum Gasteiger partial charge on any atom is 0.223 e. The second-order valence-electron chi connectivity index (χ2n) is 6.68. The van der Waals surface area contributed by atoms with Crippen LogP contribution >= 0.6 is 11.6 Å². The molecule has 2 aromatic heterocycles. The smallest absolute Gasteiger partial charge is 0.223 e. The van der Waals surface area contributed by atoms with Crippen LogP contribution in [-0.2, 0) is 11.2 Å². The van der Waals surface area contributed by atoms with Crippen molar-refractivity contribution in [3.63, 3.8) is 0 Å². The number of halogens is 1. The lowest BCUT2D eigenvalue weighted by Gasteiger charge is -2.36. The van der Waals surface area contributed by atoms with E-state index in [1.807, 2.05) is 41.3 Å². The van der Waals surface area contributed by atoms with Crippen LogP contribution in [0.2, 0.25) is 5.02 Å². The van der Waals surface area contributed by atoms with E-state index < -0.39 is 0 Å². The minimum atomic E-state index is 0.125. The molecule has 0 saturated carbocycles. The molecule has 1 amide bonds. The molecule has 6 nitrogen and oxygen atoms in total. The highest BCUT2D eigenvalue weighted by molar-refractivity contribution is 6.33. The van der Waals surface area contributed by atoms with Gasteiger partial charge in [-0.2, -0.15) is 0 Å². The number of carbonyl (C=O) groups is 1. The fraction of sp³-hybridized carbons (Fsp3) is 0.286. The number of nitrogens with zero attached hydrogens (tertiary/aromatic N) is 4. The van der Waals surface area contributed by atoms with E-state index in [1.165, 1.54) is 0 Å². The van der Waals surface area contributed by atoms with Crippen molar-refractivity contribution in [3.8, 4) is 11.3 Å². The summed E-state index contributed by atoms with van der Waals surface area (Å²) in [5.74, 6) is 1.44. The number of amides is 1. The Hall–Kier alpha value is -2.86. The Morgan fingerprint density at radius 3 is 2.61 bits per heavy atom. The van der Waals surface area contributed by atoms with Crippen molar-refractivity contribution in [2.75, 3.05) is 31.1 Å². The first-order valence-electron chi connectivity index (χ1n) is 9.33. The quantitative estimate of drug-likeness (QED) is 0.658. The first-order chi connectivity index (χ1) is 13.7. The third-order valence-electron chi connectivity index (χ3n) is 4.89. The van der Waals surface area contributed by atoms with Gasteiger partial charge in [0.1, 0.15) is 0 Å². The highest BCUT2D eigenvalue weighted by Gasteiger charge is 2.22. The average Bonchev–Trinajstić information content (AvgIpc) is 3.22. The maximum absolute atomic E-state index is 12.6. The Kier molecular flexibility index (Phi) is 5.58. The first kappa shape index (κ1) is 18.5. The lowest BCUT2D eigenvalue weighted by Crippen LogP contribution is -2.49. The molecule has 28 heavy (non-hydrogen) atoms. The number of aromatic nitrogens is 2. The van der Waals surface area contributed by atoms with Crippen molar-refractivity contribution in [3.05, 3.63) is 65.9 Å². The van der Waals surface area contributed by atoms with Crippen LogP contribution in [-0.4, -0.2) is 47.0 Å². The normalized spacial score (nSPS) is 14.3. The second kappa shape index (κ2) is 8.44. The number of carbonyl (C=O) groups excluding carboxylic acids is 1. The van der Waals surface area contributed by atoms with Crippen molar-refractivity contribution in [2.45, 2.75) is 12.8 Å². The van der Waals surface area contributed by atoms with Gasteiger partial charge in [0, 0.05) is 57.0 Å². The number of hydrogen-bond donors (Lipinski definition) is 0. The molecule has 0 bridgehead atoms. The van der Waals surface area contributed by atoms with Gasteiger partial charge in [-0.15, -0.1) is 0 Å². The van der Waals surface area contributed by atoms with Crippen molar-refractivity contribution in [1.29, 1.82) is 0 Å². The van der Waals surface area contributed by atoms with Gasteiger partial charge >= 0.3 is 0 Å². The molecule has 7 heteroatoms. The molecular weight excluding hydrogens is 376 g/mol. The molecule has 4 rings (SSSR count). The minimum Gasteiger partial charge on any atom is -0.441 e. The van der Waals surface area contributed by atoms with Gasteiger partial charge in [0.15, 0.2) is 11.7 Å². The number of rotatable bonds is 5. The van der Waals surface area contributed by atoms with E-state index in [1.54, 1.807) is 18.6 Å². The third-order valence-corrected chi connectivity index (χ3v) is 5.18. The Morgan fingerprint density at radius 1 is 1.07 bits per heavy atom. The SMILES string of the molecule is O=C(CCc1ncc(-c2ccccc2)o1)N1CCN(c2ccncc2Cl)CC1. The number of anilines is 1. The molecule has 3 aromatic rings. The Labute approximate surface area is 168 Å². The minimum absolute atomic E-state index is 0.125. The molecule has 3 heterocycles. The first-order valence-corrected chi connectivity index (χ1v) is 9.71. The molecule has 144 valence electrons. The number of oxazole rings is 1. The number of pyridine rings is 1. The predicted molar refractivity (Wildman–Crippen MR) is 108 cm³/mol. The van der Waals surface area contributed by atoms with E-state index in [4.69, 9.17) is 16.0 Å². The summed E-state index contributed by atoms with van der Waals surface area (Å²) >= 11 is 6.22. The van der Waals surface area contributed by atoms with Crippen molar-refractivity contribution < 1.29 is 9.21 Å². The summed E-state index contributed by atoms with van der Waals surface area (Å²) in [7, 11) is 0. The third kappa shape index (κ3) is 4.17. The Bertz CT molecular complexity index is 936. The molecule has 1 aromatic carbocycles. The molecule has 0 radical (unpaired) electrons. The van der Waals surface area contributed by atoms with Crippen LogP contribution in [0.3, 0.4) is 0 Å². The van der Waals surface area contributed by atoms with Crippen LogP contribution < -0.4 is 4.90 Å². The van der Waals surface area contributed by atoms with Crippen LogP contribution in [0.25, 0.3) is 11.3 Å². The summed E-state index contributed by atoms with van der Waals surface area (Å²) in [5, 5.41) is 0.639. The molecule has 1 fully saturated rings. The molecule has 1 aliphatic heterocycles. The average molecular weight is 397 g/mol.